The zero-order valence-corrected chi connectivity index (χ0v) is 10.2. The van der Waals surface area contributed by atoms with Crippen molar-refractivity contribution in [2.75, 3.05) is 6.54 Å². The Labute approximate surface area is 93.9 Å². The van der Waals surface area contributed by atoms with Crippen LogP contribution < -0.4 is 5.32 Å². The highest BCUT2D eigenvalue weighted by atomic mass is 14.9. The molecule has 1 N–H and O–H groups in total. The lowest BCUT2D eigenvalue weighted by Gasteiger charge is -2.19. The second kappa shape index (κ2) is 6.62. The summed E-state index contributed by atoms with van der Waals surface area (Å²) in [7, 11) is 0. The van der Waals surface area contributed by atoms with Gasteiger partial charge in [-0.1, -0.05) is 50.6 Å². The van der Waals surface area contributed by atoms with Crippen LogP contribution in [0.3, 0.4) is 0 Å². The summed E-state index contributed by atoms with van der Waals surface area (Å²) in [6.45, 7) is 7.91. The van der Waals surface area contributed by atoms with Crippen molar-refractivity contribution in [1.29, 1.82) is 0 Å². The van der Waals surface area contributed by atoms with E-state index in [1.54, 1.807) is 0 Å². The Bertz CT molecular complexity index is 255. The Kier molecular flexibility index (Phi) is 5.41. The second-order valence-corrected chi connectivity index (χ2v) is 4.36. The van der Waals surface area contributed by atoms with Gasteiger partial charge in [0.25, 0.3) is 0 Å². The van der Waals surface area contributed by atoms with Crippen molar-refractivity contribution < 1.29 is 0 Å². The third kappa shape index (κ3) is 4.48. The van der Waals surface area contributed by atoms with E-state index in [1.165, 1.54) is 12.0 Å². The van der Waals surface area contributed by atoms with Crippen molar-refractivity contribution in [1.82, 2.24) is 5.32 Å². The quantitative estimate of drug-likeness (QED) is 0.751. The van der Waals surface area contributed by atoms with E-state index >= 15 is 0 Å². The molecule has 0 aliphatic rings. The molecule has 0 spiro atoms. The largest absolute Gasteiger partial charge is 0.314 e. The van der Waals surface area contributed by atoms with Gasteiger partial charge in [-0.3, -0.25) is 0 Å². The van der Waals surface area contributed by atoms with Crippen LogP contribution in [0.25, 0.3) is 0 Å². The molecule has 0 saturated heterocycles. The molecule has 1 nitrogen and oxygen atoms in total. The summed E-state index contributed by atoms with van der Waals surface area (Å²) in [6, 6.07) is 11.3. The van der Waals surface area contributed by atoms with Crippen LogP contribution in [0.4, 0.5) is 0 Å². The van der Waals surface area contributed by atoms with Gasteiger partial charge in [0, 0.05) is 6.04 Å². The first-order chi connectivity index (χ1) is 7.24. The molecular weight excluding hydrogens is 182 g/mol. The molecule has 0 bridgehead atoms. The summed E-state index contributed by atoms with van der Waals surface area (Å²) in [5, 5.41) is 3.58. The van der Waals surface area contributed by atoms with E-state index in [-0.39, 0.29) is 0 Å². The van der Waals surface area contributed by atoms with Crippen LogP contribution >= 0.6 is 0 Å². The fourth-order valence-electron chi connectivity index (χ4n) is 1.64. The fourth-order valence-corrected chi connectivity index (χ4v) is 1.64. The van der Waals surface area contributed by atoms with Gasteiger partial charge >= 0.3 is 0 Å². The zero-order valence-electron chi connectivity index (χ0n) is 10.2. The Morgan fingerprint density at radius 1 is 1.13 bits per heavy atom. The lowest BCUT2D eigenvalue weighted by atomic mass is 10.0. The molecule has 0 saturated carbocycles. The topological polar surface area (TPSA) is 12.0 Å². The molecule has 0 fully saturated rings. The number of hydrogen-bond donors (Lipinski definition) is 1. The van der Waals surface area contributed by atoms with Crippen LogP contribution in [0.5, 0.6) is 0 Å². The fraction of sp³-hybridized carbons (Fsp3) is 0.571. The van der Waals surface area contributed by atoms with E-state index in [0.29, 0.717) is 6.04 Å². The van der Waals surface area contributed by atoms with E-state index in [9.17, 15) is 0 Å². The highest BCUT2D eigenvalue weighted by molar-refractivity contribution is 5.14. The third-order valence-corrected chi connectivity index (χ3v) is 3.22. The minimum atomic E-state index is 0.624. The molecule has 1 aromatic carbocycles. The van der Waals surface area contributed by atoms with Crippen LogP contribution in [0.15, 0.2) is 30.3 Å². The van der Waals surface area contributed by atoms with Gasteiger partial charge in [-0.15, -0.1) is 0 Å². The maximum atomic E-state index is 3.58. The van der Waals surface area contributed by atoms with Gasteiger partial charge in [0.2, 0.25) is 0 Å². The molecule has 0 amide bonds. The Hall–Kier alpha value is -0.820. The average Bonchev–Trinajstić information content (AvgIpc) is 2.29. The number of rotatable bonds is 6. The summed E-state index contributed by atoms with van der Waals surface area (Å²) in [5.41, 5.74) is 1.42. The molecule has 84 valence electrons. The summed E-state index contributed by atoms with van der Waals surface area (Å²) in [4.78, 5) is 0. The maximum Gasteiger partial charge on any atom is 0.00643 e. The smallest absolute Gasteiger partial charge is 0.00643 e. The van der Waals surface area contributed by atoms with Crippen molar-refractivity contribution in [3.8, 4) is 0 Å². The van der Waals surface area contributed by atoms with E-state index in [0.717, 1.165) is 18.9 Å². The lowest BCUT2D eigenvalue weighted by molar-refractivity contribution is 0.393. The van der Waals surface area contributed by atoms with Crippen molar-refractivity contribution in [3.05, 3.63) is 35.9 Å². The lowest BCUT2D eigenvalue weighted by Crippen LogP contribution is -2.33. The molecule has 2 atom stereocenters. The summed E-state index contributed by atoms with van der Waals surface area (Å²) < 4.78 is 0. The Balaban J connectivity index is 2.22. The van der Waals surface area contributed by atoms with E-state index < -0.39 is 0 Å². The predicted octanol–water partition coefficient (Wildman–Crippen LogP) is 3.25. The van der Waals surface area contributed by atoms with Crippen molar-refractivity contribution in [2.45, 2.75) is 39.7 Å². The summed E-state index contributed by atoms with van der Waals surface area (Å²) in [6.07, 6.45) is 2.38. The molecule has 0 heterocycles. The van der Waals surface area contributed by atoms with Crippen LogP contribution in [-0.2, 0) is 6.42 Å². The molecule has 0 aliphatic carbocycles. The molecule has 0 radical (unpaired) electrons. The van der Waals surface area contributed by atoms with Gasteiger partial charge in [0.1, 0.15) is 0 Å². The highest BCUT2D eigenvalue weighted by Crippen LogP contribution is 2.06. The van der Waals surface area contributed by atoms with Crippen molar-refractivity contribution in [2.24, 2.45) is 5.92 Å². The highest BCUT2D eigenvalue weighted by Gasteiger charge is 2.08. The van der Waals surface area contributed by atoms with E-state index in [4.69, 9.17) is 0 Å². The molecule has 15 heavy (non-hydrogen) atoms. The molecule has 0 aliphatic heterocycles. The van der Waals surface area contributed by atoms with Gasteiger partial charge < -0.3 is 5.32 Å². The molecule has 1 rings (SSSR count). The molecule has 1 aromatic rings. The van der Waals surface area contributed by atoms with Crippen LogP contribution in [0.2, 0.25) is 0 Å². The van der Waals surface area contributed by atoms with Crippen molar-refractivity contribution >= 4 is 0 Å². The molecule has 0 aromatic heterocycles. The predicted molar refractivity (Wildman–Crippen MR) is 67.1 cm³/mol. The SMILES string of the molecule is CC[C@@H](C)[C@H](C)NCCc1ccccc1. The van der Waals surface area contributed by atoms with Crippen LogP contribution in [0.1, 0.15) is 32.8 Å². The monoisotopic (exact) mass is 205 g/mol. The Morgan fingerprint density at radius 3 is 2.40 bits per heavy atom. The van der Waals surface area contributed by atoms with Gasteiger partial charge in [-0.05, 0) is 31.4 Å². The van der Waals surface area contributed by atoms with Crippen molar-refractivity contribution in [3.63, 3.8) is 0 Å². The molecule has 1 heteroatoms. The first-order valence-corrected chi connectivity index (χ1v) is 6.01. The normalized spacial score (nSPS) is 14.9. The van der Waals surface area contributed by atoms with Gasteiger partial charge in [-0.2, -0.15) is 0 Å². The minimum Gasteiger partial charge on any atom is -0.314 e. The molecular formula is C14H23N. The maximum absolute atomic E-state index is 3.58. The average molecular weight is 205 g/mol. The minimum absolute atomic E-state index is 0.624. The Morgan fingerprint density at radius 2 is 1.80 bits per heavy atom. The first-order valence-electron chi connectivity index (χ1n) is 6.01. The number of hydrogen-bond acceptors (Lipinski definition) is 1. The standard InChI is InChI=1S/C14H23N/c1-4-12(2)13(3)15-11-10-14-8-6-5-7-9-14/h5-9,12-13,15H,4,10-11H2,1-3H3/t12-,13+/m1/s1. The van der Waals surface area contributed by atoms with Crippen LogP contribution in [0, 0.1) is 5.92 Å². The zero-order chi connectivity index (χ0) is 11.1. The number of benzene rings is 1. The van der Waals surface area contributed by atoms with E-state index in [2.05, 4.69) is 56.4 Å². The van der Waals surface area contributed by atoms with Gasteiger partial charge in [0.05, 0.1) is 0 Å². The van der Waals surface area contributed by atoms with E-state index in [1.807, 2.05) is 0 Å². The second-order valence-electron chi connectivity index (χ2n) is 4.36. The first kappa shape index (κ1) is 12.3. The molecule has 0 unspecified atom stereocenters. The summed E-state index contributed by atoms with van der Waals surface area (Å²) >= 11 is 0. The van der Waals surface area contributed by atoms with Gasteiger partial charge in [-0.25, -0.2) is 0 Å². The van der Waals surface area contributed by atoms with Gasteiger partial charge in [0.15, 0.2) is 0 Å². The number of nitrogens with one attached hydrogen (secondary N) is 1. The third-order valence-electron chi connectivity index (χ3n) is 3.22. The summed E-state index contributed by atoms with van der Waals surface area (Å²) in [5.74, 6) is 0.765. The van der Waals surface area contributed by atoms with Crippen LogP contribution in [-0.4, -0.2) is 12.6 Å².